The first-order valence-electron chi connectivity index (χ1n) is 8.85. The third kappa shape index (κ3) is 4.71. The zero-order valence-electron chi connectivity index (χ0n) is 13.6. The second kappa shape index (κ2) is 9.01. The molecule has 1 heterocycles. The Hall–Kier alpha value is -0.120. The predicted octanol–water partition coefficient (Wildman–Crippen LogP) is 3.19. The molecule has 3 heteroatoms. The molecule has 0 aromatic rings. The molecule has 1 N–H and O–H groups in total. The monoisotopic (exact) mass is 282 g/mol. The minimum atomic E-state index is 0.502. The number of hydrogen-bond acceptors (Lipinski definition) is 3. The highest BCUT2D eigenvalue weighted by molar-refractivity contribution is 4.88. The fourth-order valence-electron chi connectivity index (χ4n) is 3.91. The molecule has 2 aliphatic rings. The fraction of sp³-hybridized carbons (Fsp3) is 1.00. The molecular formula is C17H34N2O. The molecule has 1 aliphatic carbocycles. The van der Waals surface area contributed by atoms with Crippen molar-refractivity contribution >= 4 is 0 Å². The number of piperidine rings is 1. The van der Waals surface area contributed by atoms with Crippen molar-refractivity contribution in [2.24, 2.45) is 0 Å². The van der Waals surface area contributed by atoms with Crippen LogP contribution in [-0.2, 0) is 4.74 Å². The Morgan fingerprint density at radius 3 is 2.35 bits per heavy atom. The van der Waals surface area contributed by atoms with Crippen molar-refractivity contribution in [3.63, 3.8) is 0 Å². The third-order valence-corrected chi connectivity index (χ3v) is 5.16. The lowest BCUT2D eigenvalue weighted by molar-refractivity contribution is 0.0165. The van der Waals surface area contributed by atoms with Crippen LogP contribution in [0.2, 0.25) is 0 Å². The van der Waals surface area contributed by atoms with Crippen molar-refractivity contribution < 1.29 is 4.74 Å². The lowest BCUT2D eigenvalue weighted by atomic mass is 9.89. The summed E-state index contributed by atoms with van der Waals surface area (Å²) in [6.07, 6.45) is 12.6. The maximum absolute atomic E-state index is 5.52. The number of rotatable bonds is 5. The van der Waals surface area contributed by atoms with Crippen LogP contribution in [-0.4, -0.2) is 49.8 Å². The summed E-state index contributed by atoms with van der Waals surface area (Å²) in [4.78, 5) is 2.76. The van der Waals surface area contributed by atoms with Gasteiger partial charge in [0.1, 0.15) is 0 Å². The Labute approximate surface area is 125 Å². The van der Waals surface area contributed by atoms with Crippen LogP contribution in [0.15, 0.2) is 0 Å². The first-order chi connectivity index (χ1) is 9.85. The molecule has 3 nitrogen and oxygen atoms in total. The molecular weight excluding hydrogens is 248 g/mol. The highest BCUT2D eigenvalue weighted by Crippen LogP contribution is 2.25. The van der Waals surface area contributed by atoms with E-state index in [9.17, 15) is 0 Å². The third-order valence-electron chi connectivity index (χ3n) is 5.16. The Morgan fingerprint density at radius 2 is 1.70 bits per heavy atom. The number of methoxy groups -OCH3 is 1. The van der Waals surface area contributed by atoms with Crippen molar-refractivity contribution in [1.29, 1.82) is 0 Å². The fourth-order valence-corrected chi connectivity index (χ4v) is 3.91. The van der Waals surface area contributed by atoms with Gasteiger partial charge in [-0.3, -0.25) is 4.90 Å². The molecule has 20 heavy (non-hydrogen) atoms. The van der Waals surface area contributed by atoms with Crippen LogP contribution in [0.25, 0.3) is 0 Å². The highest BCUT2D eigenvalue weighted by Gasteiger charge is 2.30. The van der Waals surface area contributed by atoms with Gasteiger partial charge < -0.3 is 10.1 Å². The molecule has 1 saturated carbocycles. The van der Waals surface area contributed by atoms with Crippen LogP contribution >= 0.6 is 0 Å². The van der Waals surface area contributed by atoms with E-state index in [1.54, 1.807) is 0 Å². The summed E-state index contributed by atoms with van der Waals surface area (Å²) < 4.78 is 5.52. The van der Waals surface area contributed by atoms with Crippen molar-refractivity contribution in [2.45, 2.75) is 82.9 Å². The minimum Gasteiger partial charge on any atom is -0.381 e. The molecule has 2 unspecified atom stereocenters. The first kappa shape index (κ1) is 16.3. The highest BCUT2D eigenvalue weighted by atomic mass is 16.5. The van der Waals surface area contributed by atoms with Gasteiger partial charge in [0.05, 0.1) is 6.10 Å². The van der Waals surface area contributed by atoms with Gasteiger partial charge in [0.25, 0.3) is 0 Å². The van der Waals surface area contributed by atoms with Crippen molar-refractivity contribution in [3.05, 3.63) is 0 Å². The average molecular weight is 282 g/mol. The van der Waals surface area contributed by atoms with Crippen LogP contribution in [0.1, 0.15) is 64.7 Å². The van der Waals surface area contributed by atoms with Crippen LogP contribution < -0.4 is 5.32 Å². The summed E-state index contributed by atoms with van der Waals surface area (Å²) in [6.45, 7) is 5.91. The molecule has 2 fully saturated rings. The van der Waals surface area contributed by atoms with Gasteiger partial charge in [-0.2, -0.15) is 0 Å². The topological polar surface area (TPSA) is 24.5 Å². The van der Waals surface area contributed by atoms with Crippen LogP contribution in [0.5, 0.6) is 0 Å². The van der Waals surface area contributed by atoms with Crippen LogP contribution in [0, 0.1) is 0 Å². The predicted molar refractivity (Wildman–Crippen MR) is 85.2 cm³/mol. The van der Waals surface area contributed by atoms with Gasteiger partial charge in [-0.1, -0.05) is 32.6 Å². The minimum absolute atomic E-state index is 0.502. The van der Waals surface area contributed by atoms with E-state index in [1.807, 2.05) is 7.11 Å². The molecule has 1 saturated heterocycles. The Kier molecular flexibility index (Phi) is 7.32. The number of likely N-dealkylation sites (tertiary alicyclic amines) is 1. The second-order valence-corrected chi connectivity index (χ2v) is 6.59. The van der Waals surface area contributed by atoms with Gasteiger partial charge in [0.2, 0.25) is 0 Å². The van der Waals surface area contributed by atoms with E-state index in [1.165, 1.54) is 77.4 Å². The lowest BCUT2D eigenvalue weighted by Gasteiger charge is -2.42. The van der Waals surface area contributed by atoms with Gasteiger partial charge in [-0.05, 0) is 38.6 Å². The van der Waals surface area contributed by atoms with Gasteiger partial charge in [0, 0.05) is 32.3 Å². The smallest absolute Gasteiger partial charge is 0.0595 e. The van der Waals surface area contributed by atoms with Crippen LogP contribution in [0.3, 0.4) is 0 Å². The van der Waals surface area contributed by atoms with Crippen molar-refractivity contribution in [1.82, 2.24) is 10.2 Å². The molecule has 0 radical (unpaired) electrons. The number of nitrogens with one attached hydrogen (secondary N) is 1. The van der Waals surface area contributed by atoms with E-state index in [2.05, 4.69) is 17.1 Å². The van der Waals surface area contributed by atoms with Gasteiger partial charge in [-0.15, -0.1) is 0 Å². The number of hydrogen-bond donors (Lipinski definition) is 1. The zero-order valence-corrected chi connectivity index (χ0v) is 13.6. The SMILES string of the molecule is CCCNC1CCCCCCC1N1CCC(OC)CC1. The zero-order chi connectivity index (χ0) is 14.2. The quantitative estimate of drug-likeness (QED) is 0.838. The van der Waals surface area contributed by atoms with E-state index in [-0.39, 0.29) is 0 Å². The normalized spacial score (nSPS) is 30.9. The van der Waals surface area contributed by atoms with Crippen molar-refractivity contribution in [2.75, 3.05) is 26.7 Å². The number of nitrogens with zero attached hydrogens (tertiary/aromatic N) is 1. The largest absolute Gasteiger partial charge is 0.381 e. The van der Waals surface area contributed by atoms with Gasteiger partial charge in [-0.25, -0.2) is 0 Å². The lowest BCUT2D eigenvalue weighted by Crippen LogP contribution is -2.53. The maximum atomic E-state index is 5.52. The molecule has 0 spiro atoms. The van der Waals surface area contributed by atoms with E-state index in [4.69, 9.17) is 4.74 Å². The van der Waals surface area contributed by atoms with E-state index in [0.29, 0.717) is 12.1 Å². The van der Waals surface area contributed by atoms with Crippen molar-refractivity contribution in [3.8, 4) is 0 Å². The molecule has 2 rings (SSSR count). The summed E-state index contributed by atoms with van der Waals surface area (Å²) in [5, 5.41) is 3.84. The van der Waals surface area contributed by atoms with Crippen LogP contribution in [0.4, 0.5) is 0 Å². The summed E-state index contributed by atoms with van der Waals surface area (Å²) in [5.74, 6) is 0. The van der Waals surface area contributed by atoms with E-state index in [0.717, 1.165) is 6.04 Å². The standard InChI is InChI=1S/C17H34N2O/c1-3-12-18-16-8-6-4-5-7-9-17(16)19-13-10-15(20-2)11-14-19/h15-18H,3-14H2,1-2H3. The Balaban J connectivity index is 1.91. The Morgan fingerprint density at radius 1 is 1.00 bits per heavy atom. The molecule has 118 valence electrons. The average Bonchev–Trinajstić information content (AvgIpc) is 2.47. The molecule has 2 atom stereocenters. The second-order valence-electron chi connectivity index (χ2n) is 6.59. The molecule has 1 aliphatic heterocycles. The molecule has 0 amide bonds. The first-order valence-corrected chi connectivity index (χ1v) is 8.85. The summed E-state index contributed by atoms with van der Waals surface area (Å²) in [5.41, 5.74) is 0. The number of ether oxygens (including phenoxy) is 1. The summed E-state index contributed by atoms with van der Waals surface area (Å²) in [6, 6.07) is 1.48. The maximum Gasteiger partial charge on any atom is 0.0595 e. The molecule has 0 bridgehead atoms. The summed E-state index contributed by atoms with van der Waals surface area (Å²) >= 11 is 0. The summed E-state index contributed by atoms with van der Waals surface area (Å²) in [7, 11) is 1.86. The van der Waals surface area contributed by atoms with E-state index < -0.39 is 0 Å². The molecule has 0 aromatic carbocycles. The van der Waals surface area contributed by atoms with Gasteiger partial charge >= 0.3 is 0 Å². The Bertz CT molecular complexity index is 249. The van der Waals surface area contributed by atoms with E-state index >= 15 is 0 Å². The van der Waals surface area contributed by atoms with Gasteiger partial charge in [0.15, 0.2) is 0 Å². The molecule has 0 aromatic heterocycles.